The highest BCUT2D eigenvalue weighted by atomic mass is 35.5. The van der Waals surface area contributed by atoms with Crippen molar-refractivity contribution in [2.75, 3.05) is 13.7 Å². The highest BCUT2D eigenvalue weighted by molar-refractivity contribution is 6.31. The Morgan fingerprint density at radius 3 is 2.54 bits per heavy atom. The molecule has 2 aromatic rings. The fourth-order valence-corrected chi connectivity index (χ4v) is 3.49. The number of aromatic hydroxyl groups is 1. The lowest BCUT2D eigenvalue weighted by atomic mass is 9.91. The van der Waals surface area contributed by atoms with Gasteiger partial charge in [-0.1, -0.05) is 23.7 Å². The average Bonchev–Trinajstić information content (AvgIpc) is 2.66. The van der Waals surface area contributed by atoms with Crippen LogP contribution < -0.4 is 4.74 Å². The van der Waals surface area contributed by atoms with Gasteiger partial charge in [0.2, 0.25) is 0 Å². The third kappa shape index (κ3) is 4.07. The number of ether oxygens (including phenoxy) is 2. The van der Waals surface area contributed by atoms with Gasteiger partial charge in [0.15, 0.2) is 0 Å². The number of hydrogen-bond acceptors (Lipinski definition) is 5. The van der Waals surface area contributed by atoms with Gasteiger partial charge in [-0.15, -0.1) is 0 Å². The normalized spacial score (nSPS) is 24.1. The Hall–Kier alpha value is -1.93. The molecule has 3 atom stereocenters. The van der Waals surface area contributed by atoms with Crippen molar-refractivity contribution in [3.05, 3.63) is 58.1 Å². The first-order valence-electron chi connectivity index (χ1n) is 8.72. The third-order valence-corrected chi connectivity index (χ3v) is 5.25. The zero-order chi connectivity index (χ0) is 20.5. The number of aliphatic hydroxyl groups is 2. The molecule has 152 valence electrons. The molecule has 1 heterocycles. The maximum Gasteiger partial charge on any atom is 0.301 e. The Labute approximate surface area is 166 Å². The number of aliphatic hydroxyl groups excluding tert-OH is 2. The molecule has 1 aliphatic heterocycles. The Kier molecular flexibility index (Phi) is 6.09. The fraction of sp³-hybridized carbons (Fsp3) is 0.400. The number of hydrogen-bond donors (Lipinski definition) is 3. The van der Waals surface area contributed by atoms with Gasteiger partial charge >= 0.3 is 5.92 Å². The summed E-state index contributed by atoms with van der Waals surface area (Å²) in [6.45, 7) is -0.951. The summed E-state index contributed by atoms with van der Waals surface area (Å²) in [5.74, 6) is -3.08. The molecule has 0 saturated carbocycles. The van der Waals surface area contributed by atoms with Crippen molar-refractivity contribution in [3.63, 3.8) is 0 Å². The molecule has 0 aliphatic carbocycles. The first-order chi connectivity index (χ1) is 13.3. The second-order valence-corrected chi connectivity index (χ2v) is 7.16. The topological polar surface area (TPSA) is 79.2 Å². The van der Waals surface area contributed by atoms with Crippen LogP contribution in [-0.4, -0.2) is 47.2 Å². The summed E-state index contributed by atoms with van der Waals surface area (Å²) >= 11 is 6.24. The predicted molar refractivity (Wildman–Crippen MR) is 99.2 cm³/mol. The van der Waals surface area contributed by atoms with Crippen molar-refractivity contribution in [3.8, 4) is 11.5 Å². The number of phenols is 1. The minimum atomic E-state index is -3.57. The summed E-state index contributed by atoms with van der Waals surface area (Å²) in [5.41, 5.74) is 1.83. The van der Waals surface area contributed by atoms with Crippen molar-refractivity contribution < 1.29 is 33.6 Å². The highest BCUT2D eigenvalue weighted by Crippen LogP contribution is 2.43. The fourth-order valence-electron chi connectivity index (χ4n) is 3.27. The van der Waals surface area contributed by atoms with Crippen LogP contribution >= 0.6 is 11.6 Å². The Morgan fingerprint density at radius 2 is 1.93 bits per heavy atom. The molecule has 5 nitrogen and oxygen atoms in total. The van der Waals surface area contributed by atoms with Crippen molar-refractivity contribution >= 4 is 11.6 Å². The monoisotopic (exact) mass is 414 g/mol. The third-order valence-electron chi connectivity index (χ3n) is 4.90. The lowest BCUT2D eigenvalue weighted by molar-refractivity contribution is -0.259. The lowest BCUT2D eigenvalue weighted by Gasteiger charge is -2.39. The number of phenolic OH excluding ortho intramolecular Hbond substituents is 1. The minimum absolute atomic E-state index is 0.220. The van der Waals surface area contributed by atoms with E-state index in [-0.39, 0.29) is 11.3 Å². The van der Waals surface area contributed by atoms with Crippen molar-refractivity contribution in [2.24, 2.45) is 0 Å². The minimum Gasteiger partial charge on any atom is -0.508 e. The van der Waals surface area contributed by atoms with E-state index < -0.39 is 37.3 Å². The Bertz CT molecular complexity index is 828. The van der Waals surface area contributed by atoms with E-state index in [1.54, 1.807) is 25.3 Å². The summed E-state index contributed by atoms with van der Waals surface area (Å²) in [6.07, 6.45) is -4.84. The van der Waals surface area contributed by atoms with Gasteiger partial charge in [-0.3, -0.25) is 0 Å². The van der Waals surface area contributed by atoms with Gasteiger partial charge in [-0.2, -0.15) is 0 Å². The molecule has 8 heteroatoms. The maximum absolute atomic E-state index is 13.9. The summed E-state index contributed by atoms with van der Waals surface area (Å²) in [7, 11) is 1.57. The molecule has 0 radical (unpaired) electrons. The molecule has 3 rings (SSSR count). The van der Waals surface area contributed by atoms with Crippen LogP contribution in [-0.2, 0) is 11.2 Å². The van der Waals surface area contributed by atoms with Crippen molar-refractivity contribution in [1.29, 1.82) is 0 Å². The second kappa shape index (κ2) is 8.21. The quantitative estimate of drug-likeness (QED) is 0.698. The molecule has 0 bridgehead atoms. The molecule has 3 N–H and O–H groups in total. The van der Waals surface area contributed by atoms with E-state index in [9.17, 15) is 24.1 Å². The van der Waals surface area contributed by atoms with Crippen LogP contribution in [0.25, 0.3) is 0 Å². The molecule has 28 heavy (non-hydrogen) atoms. The van der Waals surface area contributed by atoms with Gasteiger partial charge in [0.25, 0.3) is 0 Å². The van der Waals surface area contributed by atoms with Crippen LogP contribution in [0.3, 0.4) is 0 Å². The molecule has 0 amide bonds. The molecule has 1 saturated heterocycles. The van der Waals surface area contributed by atoms with E-state index in [1.165, 1.54) is 6.07 Å². The first kappa shape index (κ1) is 20.8. The van der Waals surface area contributed by atoms with Crippen LogP contribution in [0.2, 0.25) is 5.02 Å². The molecule has 0 spiro atoms. The standard InChI is InChI=1S/C20H21ClF2O5/c1-27-13-4-2-11(3-5-13)6-12-7-14(16(25)8-15(12)21)17-9-18(26)20(22,23)19(10-24)28-17/h2-5,7-8,17-19,24-26H,6,9-10H2,1H3. The van der Waals surface area contributed by atoms with E-state index in [1.807, 2.05) is 12.1 Å². The van der Waals surface area contributed by atoms with E-state index in [2.05, 4.69) is 0 Å². The van der Waals surface area contributed by atoms with E-state index in [0.717, 1.165) is 5.56 Å². The lowest BCUT2D eigenvalue weighted by Crippen LogP contribution is -2.53. The van der Waals surface area contributed by atoms with Crippen LogP contribution in [0, 0.1) is 0 Å². The molecule has 1 fully saturated rings. The number of methoxy groups -OCH3 is 1. The van der Waals surface area contributed by atoms with Gasteiger partial charge in [0.05, 0.1) is 19.8 Å². The molecule has 3 unspecified atom stereocenters. The predicted octanol–water partition coefficient (Wildman–Crippen LogP) is 3.46. The van der Waals surface area contributed by atoms with Crippen molar-refractivity contribution in [2.45, 2.75) is 37.1 Å². The highest BCUT2D eigenvalue weighted by Gasteiger charge is 2.53. The van der Waals surface area contributed by atoms with E-state index in [0.29, 0.717) is 22.8 Å². The average molecular weight is 415 g/mol. The molecule has 0 aromatic heterocycles. The zero-order valence-electron chi connectivity index (χ0n) is 15.1. The Morgan fingerprint density at radius 1 is 1.25 bits per heavy atom. The van der Waals surface area contributed by atoms with Crippen LogP contribution in [0.1, 0.15) is 29.2 Å². The van der Waals surface area contributed by atoms with Gasteiger partial charge in [0, 0.05) is 17.0 Å². The Balaban J connectivity index is 1.88. The summed E-state index contributed by atoms with van der Waals surface area (Å²) in [6, 6.07) is 10.2. The van der Waals surface area contributed by atoms with Gasteiger partial charge in [0.1, 0.15) is 23.7 Å². The smallest absolute Gasteiger partial charge is 0.301 e. The maximum atomic E-state index is 13.9. The van der Waals surface area contributed by atoms with Crippen LogP contribution in [0.5, 0.6) is 11.5 Å². The number of benzene rings is 2. The van der Waals surface area contributed by atoms with E-state index in [4.69, 9.17) is 21.1 Å². The van der Waals surface area contributed by atoms with E-state index >= 15 is 0 Å². The molecule has 1 aliphatic rings. The number of alkyl halides is 2. The first-order valence-corrected chi connectivity index (χ1v) is 9.10. The zero-order valence-corrected chi connectivity index (χ0v) is 15.9. The van der Waals surface area contributed by atoms with Gasteiger partial charge < -0.3 is 24.8 Å². The summed E-state index contributed by atoms with van der Waals surface area (Å²) < 4.78 is 38.2. The number of halogens is 3. The summed E-state index contributed by atoms with van der Waals surface area (Å²) in [4.78, 5) is 0. The molecule has 2 aromatic carbocycles. The van der Waals surface area contributed by atoms with Gasteiger partial charge in [-0.05, 0) is 41.8 Å². The molecular formula is C20H21ClF2O5. The summed E-state index contributed by atoms with van der Waals surface area (Å²) in [5, 5.41) is 29.6. The van der Waals surface area contributed by atoms with Crippen LogP contribution in [0.15, 0.2) is 36.4 Å². The second-order valence-electron chi connectivity index (χ2n) is 6.75. The largest absolute Gasteiger partial charge is 0.508 e. The SMILES string of the molecule is COc1ccc(Cc2cc(C3CC(O)C(F)(F)C(CO)O3)c(O)cc2Cl)cc1. The number of rotatable bonds is 5. The van der Waals surface area contributed by atoms with Gasteiger partial charge in [-0.25, -0.2) is 8.78 Å². The van der Waals surface area contributed by atoms with Crippen LogP contribution in [0.4, 0.5) is 8.78 Å². The molecular weight excluding hydrogens is 394 g/mol. The van der Waals surface area contributed by atoms with Crippen molar-refractivity contribution in [1.82, 2.24) is 0 Å².